The first kappa shape index (κ1) is 23.2. The van der Waals surface area contributed by atoms with Gasteiger partial charge in [-0.15, -0.1) is 0 Å². The van der Waals surface area contributed by atoms with Crippen LogP contribution in [0.3, 0.4) is 0 Å². The van der Waals surface area contributed by atoms with Crippen LogP contribution in [0.15, 0.2) is 83.8 Å². The molecule has 2 heterocycles. The SMILES string of the molecule is CC(C)Oc1cccc(CCOC(=O)Nc2ccc3cc(-c4c[nH]c5ccccc45)c(=O)[nH]c3c2)c1. The molecule has 7 heteroatoms. The summed E-state index contributed by atoms with van der Waals surface area (Å²) in [5.74, 6) is 0.796. The van der Waals surface area contributed by atoms with Crippen LogP contribution in [0.1, 0.15) is 19.4 Å². The predicted octanol–water partition coefficient (Wildman–Crippen LogP) is 6.25. The van der Waals surface area contributed by atoms with Gasteiger partial charge in [-0.3, -0.25) is 10.1 Å². The minimum absolute atomic E-state index is 0.0966. The number of benzene rings is 3. The summed E-state index contributed by atoms with van der Waals surface area (Å²) in [6, 6.07) is 22.8. The topological polar surface area (TPSA) is 96.2 Å². The Morgan fingerprint density at radius 2 is 1.81 bits per heavy atom. The smallest absolute Gasteiger partial charge is 0.411 e. The van der Waals surface area contributed by atoms with E-state index in [2.05, 4.69) is 15.3 Å². The lowest BCUT2D eigenvalue weighted by atomic mass is 10.0. The molecule has 5 aromatic rings. The molecule has 0 fully saturated rings. The summed E-state index contributed by atoms with van der Waals surface area (Å²) >= 11 is 0. The normalized spacial score (nSPS) is 11.2. The van der Waals surface area contributed by atoms with Crippen molar-refractivity contribution >= 4 is 33.6 Å². The predicted molar refractivity (Wildman–Crippen MR) is 143 cm³/mol. The Balaban J connectivity index is 1.25. The molecule has 0 bridgehead atoms. The molecule has 0 unspecified atom stereocenters. The van der Waals surface area contributed by atoms with E-state index in [9.17, 15) is 9.59 Å². The summed E-state index contributed by atoms with van der Waals surface area (Å²) in [6.07, 6.45) is 1.96. The Hall–Kier alpha value is -4.52. The van der Waals surface area contributed by atoms with Crippen LogP contribution in [-0.4, -0.2) is 28.8 Å². The van der Waals surface area contributed by atoms with E-state index in [4.69, 9.17) is 9.47 Å². The quantitative estimate of drug-likeness (QED) is 0.256. The number of hydrogen-bond acceptors (Lipinski definition) is 4. The van der Waals surface area contributed by atoms with Crippen molar-refractivity contribution in [1.82, 2.24) is 9.97 Å². The van der Waals surface area contributed by atoms with Gasteiger partial charge in [-0.1, -0.05) is 36.4 Å². The van der Waals surface area contributed by atoms with Crippen LogP contribution in [-0.2, 0) is 11.2 Å². The molecule has 0 aliphatic rings. The van der Waals surface area contributed by atoms with Gasteiger partial charge in [0.05, 0.1) is 18.2 Å². The lowest BCUT2D eigenvalue weighted by molar-refractivity contribution is 0.163. The van der Waals surface area contributed by atoms with Crippen molar-refractivity contribution in [2.24, 2.45) is 0 Å². The molecule has 0 atom stereocenters. The zero-order valence-corrected chi connectivity index (χ0v) is 20.1. The number of ether oxygens (including phenoxy) is 2. The summed E-state index contributed by atoms with van der Waals surface area (Å²) in [6.45, 7) is 4.19. The van der Waals surface area contributed by atoms with Gasteiger partial charge in [0.25, 0.3) is 5.56 Å². The van der Waals surface area contributed by atoms with Crippen LogP contribution in [0.2, 0.25) is 0 Å². The van der Waals surface area contributed by atoms with Crippen LogP contribution in [0.5, 0.6) is 5.75 Å². The number of carbonyl (C=O) groups is 1. The van der Waals surface area contributed by atoms with E-state index in [0.717, 1.165) is 33.2 Å². The highest BCUT2D eigenvalue weighted by Crippen LogP contribution is 2.28. The third-order valence-electron chi connectivity index (χ3n) is 5.87. The van der Waals surface area contributed by atoms with Crippen LogP contribution in [0, 0.1) is 0 Å². The summed E-state index contributed by atoms with van der Waals surface area (Å²) in [5.41, 5.74) is 4.40. The summed E-state index contributed by atoms with van der Waals surface area (Å²) < 4.78 is 11.1. The number of rotatable bonds is 7. The molecule has 7 nitrogen and oxygen atoms in total. The number of aromatic amines is 2. The van der Waals surface area contributed by atoms with Gasteiger partial charge in [-0.05, 0) is 61.2 Å². The number of amides is 1. The molecule has 36 heavy (non-hydrogen) atoms. The minimum Gasteiger partial charge on any atom is -0.491 e. The molecule has 1 amide bonds. The summed E-state index contributed by atoms with van der Waals surface area (Å²) in [5, 5.41) is 4.58. The van der Waals surface area contributed by atoms with E-state index in [-0.39, 0.29) is 18.3 Å². The molecule has 182 valence electrons. The maximum absolute atomic E-state index is 12.9. The zero-order chi connectivity index (χ0) is 25.1. The molecule has 0 saturated carbocycles. The molecule has 0 spiro atoms. The first-order valence-electron chi connectivity index (χ1n) is 11.9. The third kappa shape index (κ3) is 5.10. The highest BCUT2D eigenvalue weighted by molar-refractivity contribution is 5.98. The van der Waals surface area contributed by atoms with Gasteiger partial charge < -0.3 is 19.4 Å². The summed E-state index contributed by atoms with van der Waals surface area (Å²) in [4.78, 5) is 31.3. The van der Waals surface area contributed by atoms with Crippen molar-refractivity contribution < 1.29 is 14.3 Å². The van der Waals surface area contributed by atoms with Crippen LogP contribution >= 0.6 is 0 Å². The fourth-order valence-corrected chi connectivity index (χ4v) is 4.24. The van der Waals surface area contributed by atoms with Gasteiger partial charge in [-0.2, -0.15) is 0 Å². The average molecular weight is 482 g/mol. The van der Waals surface area contributed by atoms with E-state index >= 15 is 0 Å². The second-order valence-corrected chi connectivity index (χ2v) is 8.89. The third-order valence-corrected chi connectivity index (χ3v) is 5.87. The van der Waals surface area contributed by atoms with Gasteiger partial charge in [0.1, 0.15) is 5.75 Å². The molecule has 5 rings (SSSR count). The molecule has 3 N–H and O–H groups in total. The van der Waals surface area contributed by atoms with E-state index in [1.165, 1.54) is 0 Å². The first-order chi connectivity index (χ1) is 17.5. The molecule has 0 radical (unpaired) electrons. The number of nitrogens with one attached hydrogen (secondary N) is 3. The number of pyridine rings is 1. The number of carbonyl (C=O) groups excluding carboxylic acids is 1. The maximum atomic E-state index is 12.9. The fourth-order valence-electron chi connectivity index (χ4n) is 4.24. The standard InChI is InChI=1S/C29H27N3O4/c1-18(2)36-22-7-5-6-19(14-22)12-13-35-29(34)31-21-11-10-20-15-24(28(33)32-27(20)16-21)25-17-30-26-9-4-3-8-23(25)26/h3-11,14-18,30H,12-13H2,1-2H3,(H,31,34)(H,32,33). The Bertz CT molecular complexity index is 1600. The highest BCUT2D eigenvalue weighted by atomic mass is 16.5. The Morgan fingerprint density at radius 3 is 2.67 bits per heavy atom. The van der Waals surface area contributed by atoms with Crippen LogP contribution in [0.4, 0.5) is 10.5 Å². The second-order valence-electron chi connectivity index (χ2n) is 8.89. The van der Waals surface area contributed by atoms with E-state index in [0.29, 0.717) is 23.2 Å². The zero-order valence-electron chi connectivity index (χ0n) is 20.1. The Morgan fingerprint density at radius 1 is 0.944 bits per heavy atom. The molecule has 3 aromatic carbocycles. The second kappa shape index (κ2) is 10.00. The number of fused-ring (bicyclic) bond motifs is 2. The lowest BCUT2D eigenvalue weighted by Gasteiger charge is -2.11. The Labute approximate surface area is 208 Å². The van der Waals surface area contributed by atoms with Gasteiger partial charge in [-0.25, -0.2) is 4.79 Å². The molecule has 2 aromatic heterocycles. The van der Waals surface area contributed by atoms with Gasteiger partial charge >= 0.3 is 6.09 Å². The van der Waals surface area contributed by atoms with Crippen molar-refractivity contribution in [3.63, 3.8) is 0 Å². The monoisotopic (exact) mass is 481 g/mol. The number of aromatic nitrogens is 2. The van der Waals surface area contributed by atoms with Gasteiger partial charge in [0, 0.05) is 40.3 Å². The minimum atomic E-state index is -0.554. The van der Waals surface area contributed by atoms with Crippen molar-refractivity contribution in [2.45, 2.75) is 26.4 Å². The molecule has 0 aliphatic carbocycles. The number of hydrogen-bond donors (Lipinski definition) is 3. The van der Waals surface area contributed by atoms with Crippen molar-refractivity contribution in [1.29, 1.82) is 0 Å². The van der Waals surface area contributed by atoms with Gasteiger partial charge in [0.15, 0.2) is 0 Å². The van der Waals surface area contributed by atoms with Crippen LogP contribution < -0.4 is 15.6 Å². The Kier molecular flexibility index (Phi) is 6.45. The number of H-pyrrole nitrogens is 2. The first-order valence-corrected chi connectivity index (χ1v) is 11.9. The van der Waals surface area contributed by atoms with E-state index in [1.807, 2.05) is 80.7 Å². The van der Waals surface area contributed by atoms with Crippen molar-refractivity contribution in [2.75, 3.05) is 11.9 Å². The maximum Gasteiger partial charge on any atom is 0.411 e. The van der Waals surface area contributed by atoms with Crippen molar-refractivity contribution in [3.8, 4) is 16.9 Å². The lowest BCUT2D eigenvalue weighted by Crippen LogP contribution is -2.15. The number of para-hydroxylation sites is 1. The molecular weight excluding hydrogens is 454 g/mol. The van der Waals surface area contributed by atoms with E-state index in [1.54, 1.807) is 12.1 Å². The molecular formula is C29H27N3O4. The fraction of sp³-hybridized carbons (Fsp3) is 0.172. The highest BCUT2D eigenvalue weighted by Gasteiger charge is 2.12. The molecule has 0 aliphatic heterocycles. The summed E-state index contributed by atoms with van der Waals surface area (Å²) in [7, 11) is 0. The molecule has 0 saturated heterocycles. The van der Waals surface area contributed by atoms with E-state index < -0.39 is 6.09 Å². The van der Waals surface area contributed by atoms with Crippen molar-refractivity contribution in [3.05, 3.63) is 94.9 Å². The van der Waals surface area contributed by atoms with Crippen LogP contribution in [0.25, 0.3) is 32.9 Å². The number of anilines is 1. The van der Waals surface area contributed by atoms with Gasteiger partial charge in [0.2, 0.25) is 0 Å². The average Bonchev–Trinajstić information content (AvgIpc) is 3.27. The largest absolute Gasteiger partial charge is 0.491 e.